The summed E-state index contributed by atoms with van der Waals surface area (Å²) in [5.41, 5.74) is 6.13. The van der Waals surface area contributed by atoms with Gasteiger partial charge in [0.05, 0.1) is 22.5 Å². The van der Waals surface area contributed by atoms with Crippen molar-refractivity contribution in [3.63, 3.8) is 0 Å². The monoisotopic (exact) mass is 455 g/mol. The van der Waals surface area contributed by atoms with Crippen LogP contribution in [0.5, 0.6) is 5.75 Å². The number of nitrogens with one attached hydrogen (secondary N) is 1. The molecule has 5 nitrogen and oxygen atoms in total. The highest BCUT2D eigenvalue weighted by molar-refractivity contribution is 7.23. The lowest BCUT2D eigenvalue weighted by molar-refractivity contribution is 0.0951. The molecule has 0 bridgehead atoms. The van der Waals surface area contributed by atoms with Crippen molar-refractivity contribution in [2.45, 2.75) is 26.8 Å². The molecular formula is C27H25N3O2S. The van der Waals surface area contributed by atoms with E-state index in [4.69, 9.17) is 9.72 Å². The second-order valence-electron chi connectivity index (χ2n) is 7.87. The van der Waals surface area contributed by atoms with Gasteiger partial charge in [-0.15, -0.1) is 0 Å². The van der Waals surface area contributed by atoms with Gasteiger partial charge in [0.25, 0.3) is 5.91 Å². The van der Waals surface area contributed by atoms with Crippen molar-refractivity contribution in [1.29, 1.82) is 0 Å². The molecule has 166 valence electrons. The molecule has 6 heteroatoms. The van der Waals surface area contributed by atoms with Gasteiger partial charge in [0.15, 0.2) is 4.96 Å². The van der Waals surface area contributed by atoms with Crippen LogP contribution in [-0.2, 0) is 13.0 Å². The molecule has 0 aliphatic carbocycles. The van der Waals surface area contributed by atoms with Crippen molar-refractivity contribution in [3.8, 4) is 17.0 Å². The van der Waals surface area contributed by atoms with E-state index in [2.05, 4.69) is 47.1 Å². The maximum atomic E-state index is 12.7. The number of hydrogen-bond acceptors (Lipinski definition) is 4. The van der Waals surface area contributed by atoms with Gasteiger partial charge in [0.1, 0.15) is 5.75 Å². The van der Waals surface area contributed by atoms with E-state index in [9.17, 15) is 4.79 Å². The molecule has 0 radical (unpaired) electrons. The average Bonchev–Trinajstić information content (AvgIpc) is 3.41. The number of amides is 1. The second-order valence-corrected chi connectivity index (χ2v) is 8.88. The molecule has 5 rings (SSSR count). The van der Waals surface area contributed by atoms with E-state index in [0.717, 1.165) is 44.2 Å². The lowest BCUT2D eigenvalue weighted by Crippen LogP contribution is -2.22. The summed E-state index contributed by atoms with van der Waals surface area (Å²) in [6.45, 7) is 5.22. The lowest BCUT2D eigenvalue weighted by Gasteiger charge is -2.07. The number of fused-ring (bicyclic) bond motifs is 3. The van der Waals surface area contributed by atoms with E-state index in [1.807, 2.05) is 49.4 Å². The molecule has 3 aromatic carbocycles. The van der Waals surface area contributed by atoms with Crippen molar-refractivity contribution in [2.75, 3.05) is 6.61 Å². The smallest absolute Gasteiger partial charge is 0.251 e. The summed E-state index contributed by atoms with van der Waals surface area (Å²) in [6.07, 6.45) is 3.10. The summed E-state index contributed by atoms with van der Waals surface area (Å²) >= 11 is 1.60. The van der Waals surface area contributed by atoms with Crippen molar-refractivity contribution in [3.05, 3.63) is 89.6 Å². The molecule has 2 aromatic heterocycles. The predicted molar refractivity (Wildman–Crippen MR) is 134 cm³/mol. The molecule has 0 fully saturated rings. The Bertz CT molecular complexity index is 1420. The van der Waals surface area contributed by atoms with Crippen molar-refractivity contribution in [1.82, 2.24) is 14.7 Å². The summed E-state index contributed by atoms with van der Waals surface area (Å²) in [5, 5.41) is 3.00. The quantitative estimate of drug-likeness (QED) is 0.322. The van der Waals surface area contributed by atoms with E-state index in [0.29, 0.717) is 18.7 Å². The first-order chi connectivity index (χ1) is 16.1. The number of imidazole rings is 1. The molecule has 0 unspecified atom stereocenters. The zero-order chi connectivity index (χ0) is 22.8. The van der Waals surface area contributed by atoms with Gasteiger partial charge in [-0.1, -0.05) is 54.7 Å². The molecule has 5 aromatic rings. The van der Waals surface area contributed by atoms with Crippen LogP contribution in [0.3, 0.4) is 0 Å². The van der Waals surface area contributed by atoms with Crippen LogP contribution in [0.4, 0.5) is 0 Å². The van der Waals surface area contributed by atoms with Gasteiger partial charge in [0, 0.05) is 23.9 Å². The van der Waals surface area contributed by atoms with Crippen LogP contribution < -0.4 is 10.1 Å². The van der Waals surface area contributed by atoms with E-state index in [1.165, 1.54) is 5.56 Å². The number of carbonyl (C=O) groups excluding carboxylic acids is 1. The van der Waals surface area contributed by atoms with Crippen LogP contribution in [0.25, 0.3) is 26.4 Å². The Morgan fingerprint density at radius 1 is 1.00 bits per heavy atom. The largest absolute Gasteiger partial charge is 0.494 e. The minimum absolute atomic E-state index is 0.0893. The first-order valence-corrected chi connectivity index (χ1v) is 12.0. The van der Waals surface area contributed by atoms with E-state index < -0.39 is 0 Å². The van der Waals surface area contributed by atoms with Crippen molar-refractivity contribution >= 4 is 32.4 Å². The minimum atomic E-state index is -0.0893. The number of hydrogen-bond donors (Lipinski definition) is 1. The summed E-state index contributed by atoms with van der Waals surface area (Å²) in [5.74, 6) is 0.746. The first-order valence-electron chi connectivity index (χ1n) is 11.2. The maximum Gasteiger partial charge on any atom is 0.251 e. The summed E-state index contributed by atoms with van der Waals surface area (Å²) in [4.78, 5) is 18.5. The van der Waals surface area contributed by atoms with Gasteiger partial charge in [0.2, 0.25) is 0 Å². The molecule has 0 atom stereocenters. The highest BCUT2D eigenvalue weighted by atomic mass is 32.1. The number of aromatic nitrogens is 2. The Kier molecular flexibility index (Phi) is 5.84. The van der Waals surface area contributed by atoms with Gasteiger partial charge >= 0.3 is 0 Å². The number of nitrogens with zero attached hydrogens (tertiary/aromatic N) is 2. The number of rotatable bonds is 7. The SMILES string of the molecule is CCOc1ccc(CNC(=O)c2ccc3c(c2)sc2nc(-c4ccc(CC)cc4)cn23)cc1. The van der Waals surface area contributed by atoms with Gasteiger partial charge in [-0.25, -0.2) is 4.98 Å². The molecule has 1 amide bonds. The molecule has 2 heterocycles. The van der Waals surface area contributed by atoms with Crippen molar-refractivity contribution < 1.29 is 9.53 Å². The molecule has 0 aliphatic rings. The summed E-state index contributed by atoms with van der Waals surface area (Å²) in [7, 11) is 0. The molecule has 0 saturated carbocycles. The van der Waals surface area contributed by atoms with Crippen LogP contribution in [-0.4, -0.2) is 21.9 Å². The second kappa shape index (κ2) is 9.08. The van der Waals surface area contributed by atoms with Crippen LogP contribution in [0.1, 0.15) is 35.3 Å². The fourth-order valence-corrected chi connectivity index (χ4v) is 4.89. The zero-order valence-electron chi connectivity index (χ0n) is 18.7. The highest BCUT2D eigenvalue weighted by Crippen LogP contribution is 2.30. The van der Waals surface area contributed by atoms with E-state index >= 15 is 0 Å². The fraction of sp³-hybridized carbons (Fsp3) is 0.185. The predicted octanol–water partition coefficient (Wildman–Crippen LogP) is 6.11. The Morgan fingerprint density at radius 2 is 1.76 bits per heavy atom. The third-order valence-corrected chi connectivity index (χ3v) is 6.72. The Labute approximate surface area is 196 Å². The molecule has 0 saturated heterocycles. The Balaban J connectivity index is 1.32. The molecule has 33 heavy (non-hydrogen) atoms. The summed E-state index contributed by atoms with van der Waals surface area (Å²) in [6, 6.07) is 22.1. The number of benzene rings is 3. The Morgan fingerprint density at radius 3 is 2.48 bits per heavy atom. The molecular weight excluding hydrogens is 430 g/mol. The zero-order valence-corrected chi connectivity index (χ0v) is 19.5. The third-order valence-electron chi connectivity index (χ3n) is 5.70. The number of aryl methyl sites for hydroxylation is 1. The molecule has 1 N–H and O–H groups in total. The van der Waals surface area contributed by atoms with E-state index in [-0.39, 0.29) is 5.91 Å². The van der Waals surface area contributed by atoms with Crippen molar-refractivity contribution in [2.24, 2.45) is 0 Å². The number of ether oxygens (including phenoxy) is 1. The van der Waals surface area contributed by atoms with Gasteiger partial charge < -0.3 is 10.1 Å². The summed E-state index contributed by atoms with van der Waals surface area (Å²) < 4.78 is 8.61. The number of carbonyl (C=O) groups is 1. The van der Waals surface area contributed by atoms with Gasteiger partial charge in [-0.2, -0.15) is 0 Å². The average molecular weight is 456 g/mol. The van der Waals surface area contributed by atoms with Crippen LogP contribution >= 0.6 is 11.3 Å². The maximum absolute atomic E-state index is 12.7. The standard InChI is InChI=1S/C27H25N3O2S/c1-3-18-5-9-20(10-6-18)23-17-30-24-14-11-21(15-25(24)33-27(30)29-23)26(31)28-16-19-7-12-22(13-8-19)32-4-2/h5-15,17H,3-4,16H2,1-2H3,(H,28,31). The van der Waals surface area contributed by atoms with Gasteiger partial charge in [-0.3, -0.25) is 9.20 Å². The number of thiazole rings is 1. The molecule has 0 spiro atoms. The van der Waals surface area contributed by atoms with Crippen LogP contribution in [0, 0.1) is 0 Å². The van der Waals surface area contributed by atoms with Gasteiger partial charge in [-0.05, 0) is 54.8 Å². The van der Waals surface area contributed by atoms with Crippen LogP contribution in [0.2, 0.25) is 0 Å². The third kappa shape index (κ3) is 4.34. The highest BCUT2D eigenvalue weighted by Gasteiger charge is 2.13. The Hall–Kier alpha value is -3.64. The van der Waals surface area contributed by atoms with Crippen LogP contribution in [0.15, 0.2) is 72.9 Å². The first kappa shape index (κ1) is 21.2. The topological polar surface area (TPSA) is 55.6 Å². The minimum Gasteiger partial charge on any atom is -0.494 e. The molecule has 0 aliphatic heterocycles. The lowest BCUT2D eigenvalue weighted by atomic mass is 10.1. The van der Waals surface area contributed by atoms with E-state index in [1.54, 1.807) is 11.3 Å². The normalized spacial score (nSPS) is 11.2. The fourth-order valence-electron chi connectivity index (χ4n) is 3.85.